The van der Waals surface area contributed by atoms with Crippen molar-refractivity contribution in [2.24, 2.45) is 0 Å². The van der Waals surface area contributed by atoms with Crippen molar-refractivity contribution in [1.29, 1.82) is 0 Å². The molecule has 0 heterocycles. The van der Waals surface area contributed by atoms with Gasteiger partial charge in [-0.3, -0.25) is 0 Å². The Kier molecular flexibility index (Phi) is 13.0. The Balaban J connectivity index is 5.54. The maximum Gasteiger partial charge on any atom is 0.340 e. The second kappa shape index (κ2) is 13.1. The van der Waals surface area contributed by atoms with E-state index in [1.165, 1.54) is 12.8 Å². The summed E-state index contributed by atoms with van der Waals surface area (Å²) in [7, 11) is 0. The van der Waals surface area contributed by atoms with Gasteiger partial charge in [0.2, 0.25) is 0 Å². The van der Waals surface area contributed by atoms with Gasteiger partial charge in [-0.25, -0.2) is 0 Å². The van der Waals surface area contributed by atoms with Gasteiger partial charge in [0, 0.05) is 39.5 Å². The van der Waals surface area contributed by atoms with E-state index in [2.05, 4.69) is 6.92 Å². The van der Waals surface area contributed by atoms with Crippen molar-refractivity contribution >= 4 is 0 Å². The van der Waals surface area contributed by atoms with Gasteiger partial charge < -0.3 is 23.7 Å². The topological polar surface area (TPSA) is 46.2 Å². The van der Waals surface area contributed by atoms with Gasteiger partial charge in [0.15, 0.2) is 0 Å². The summed E-state index contributed by atoms with van der Waals surface area (Å²) in [6, 6.07) is 0. The highest BCUT2D eigenvalue weighted by Gasteiger charge is 2.57. The summed E-state index contributed by atoms with van der Waals surface area (Å²) in [6.45, 7) is 14.2. The Bertz CT molecular complexity index is 247. The number of ether oxygens (including phenoxy) is 5. The molecule has 0 bridgehead atoms. The molecule has 0 N–H and O–H groups in total. The molecule has 5 nitrogen and oxygen atoms in total. The van der Waals surface area contributed by atoms with Crippen LogP contribution in [0.3, 0.4) is 0 Å². The monoisotopic (exact) mass is 334 g/mol. The van der Waals surface area contributed by atoms with E-state index in [9.17, 15) is 0 Å². The molecule has 5 heteroatoms. The molecule has 0 aliphatic heterocycles. The molecule has 0 atom stereocenters. The van der Waals surface area contributed by atoms with Crippen LogP contribution in [0.2, 0.25) is 0 Å². The van der Waals surface area contributed by atoms with Crippen LogP contribution < -0.4 is 0 Å². The summed E-state index contributed by atoms with van der Waals surface area (Å²) < 4.78 is 30.0. The minimum atomic E-state index is -1.33. The molecule has 23 heavy (non-hydrogen) atoms. The summed E-state index contributed by atoms with van der Waals surface area (Å²) in [4.78, 5) is 0. The molecule has 0 aliphatic rings. The maximum atomic E-state index is 6.08. The first kappa shape index (κ1) is 22.8. The molecule has 0 spiro atoms. The van der Waals surface area contributed by atoms with E-state index >= 15 is 0 Å². The standard InChI is InChI=1S/C18H38O5/c1-7-13-14-15-16-17(19-8-2,20-9-3)18(21-10-4,22-11-5)23-12-6/h7-16H2,1-6H3. The molecule has 0 saturated carbocycles. The summed E-state index contributed by atoms with van der Waals surface area (Å²) in [6.07, 6.45) is 5.15. The van der Waals surface area contributed by atoms with Crippen molar-refractivity contribution in [3.63, 3.8) is 0 Å². The molecule has 0 saturated heterocycles. The lowest BCUT2D eigenvalue weighted by atomic mass is 10.0. The van der Waals surface area contributed by atoms with E-state index in [1.807, 2.05) is 34.6 Å². The fraction of sp³-hybridized carbons (Fsp3) is 1.00. The lowest BCUT2D eigenvalue weighted by Gasteiger charge is -2.47. The number of unbranched alkanes of at least 4 members (excludes halogenated alkanes) is 3. The second-order valence-electron chi connectivity index (χ2n) is 5.28. The van der Waals surface area contributed by atoms with Crippen LogP contribution in [-0.4, -0.2) is 44.8 Å². The summed E-state index contributed by atoms with van der Waals surface area (Å²) in [5.41, 5.74) is 0. The van der Waals surface area contributed by atoms with E-state index < -0.39 is 11.8 Å². The molecule has 0 aromatic carbocycles. The molecule has 0 amide bonds. The Labute approximate surface area is 143 Å². The van der Waals surface area contributed by atoms with Crippen molar-refractivity contribution in [3.8, 4) is 0 Å². The average molecular weight is 334 g/mol. The summed E-state index contributed by atoms with van der Waals surface area (Å²) >= 11 is 0. The minimum Gasteiger partial charge on any atom is -0.344 e. The Morgan fingerprint density at radius 2 is 0.957 bits per heavy atom. The van der Waals surface area contributed by atoms with Gasteiger partial charge >= 0.3 is 5.97 Å². The third-order valence-electron chi connectivity index (χ3n) is 3.58. The molecular formula is C18H38O5. The van der Waals surface area contributed by atoms with Gasteiger partial charge in [0.25, 0.3) is 5.79 Å². The lowest BCUT2D eigenvalue weighted by Crippen LogP contribution is -2.62. The predicted molar refractivity (Wildman–Crippen MR) is 92.4 cm³/mol. The van der Waals surface area contributed by atoms with E-state index in [4.69, 9.17) is 23.7 Å². The lowest BCUT2D eigenvalue weighted by molar-refractivity contribution is -0.497. The third kappa shape index (κ3) is 6.67. The van der Waals surface area contributed by atoms with Crippen LogP contribution in [-0.2, 0) is 23.7 Å². The second-order valence-corrected chi connectivity index (χ2v) is 5.28. The van der Waals surface area contributed by atoms with Crippen LogP contribution in [0, 0.1) is 0 Å². The van der Waals surface area contributed by atoms with Crippen LogP contribution in [0.1, 0.15) is 73.6 Å². The van der Waals surface area contributed by atoms with E-state index in [-0.39, 0.29) is 0 Å². The van der Waals surface area contributed by atoms with Gasteiger partial charge in [-0.1, -0.05) is 26.2 Å². The van der Waals surface area contributed by atoms with Crippen LogP contribution >= 0.6 is 0 Å². The smallest absolute Gasteiger partial charge is 0.340 e. The molecule has 140 valence electrons. The number of hydrogen-bond acceptors (Lipinski definition) is 5. The zero-order chi connectivity index (χ0) is 17.6. The largest absolute Gasteiger partial charge is 0.344 e. The first-order valence-electron chi connectivity index (χ1n) is 9.31. The first-order chi connectivity index (χ1) is 11.1. The molecule has 0 rings (SSSR count). The first-order valence-corrected chi connectivity index (χ1v) is 9.31. The van der Waals surface area contributed by atoms with Crippen molar-refractivity contribution in [2.75, 3.05) is 33.0 Å². The van der Waals surface area contributed by atoms with Crippen LogP contribution in [0.15, 0.2) is 0 Å². The van der Waals surface area contributed by atoms with Crippen molar-refractivity contribution in [1.82, 2.24) is 0 Å². The molecular weight excluding hydrogens is 296 g/mol. The molecule has 0 fully saturated rings. The highest BCUT2D eigenvalue weighted by Crippen LogP contribution is 2.38. The van der Waals surface area contributed by atoms with Gasteiger partial charge in [-0.05, 0) is 41.0 Å². The molecule has 0 aromatic rings. The maximum absolute atomic E-state index is 6.08. The predicted octanol–water partition coefficient (Wildman–Crippen LogP) is 4.49. The third-order valence-corrected chi connectivity index (χ3v) is 3.58. The van der Waals surface area contributed by atoms with Crippen LogP contribution in [0.4, 0.5) is 0 Å². The molecule has 0 aliphatic carbocycles. The van der Waals surface area contributed by atoms with Crippen LogP contribution in [0.25, 0.3) is 0 Å². The fourth-order valence-corrected chi connectivity index (χ4v) is 2.79. The Morgan fingerprint density at radius 1 is 0.522 bits per heavy atom. The van der Waals surface area contributed by atoms with Gasteiger partial charge in [-0.2, -0.15) is 0 Å². The highest BCUT2D eigenvalue weighted by molar-refractivity contribution is 4.83. The van der Waals surface area contributed by atoms with Crippen molar-refractivity contribution in [3.05, 3.63) is 0 Å². The van der Waals surface area contributed by atoms with Crippen LogP contribution in [0.5, 0.6) is 0 Å². The van der Waals surface area contributed by atoms with Gasteiger partial charge in [0.05, 0.1) is 0 Å². The summed E-state index contributed by atoms with van der Waals surface area (Å²) in [5, 5.41) is 0. The SMILES string of the molecule is CCCCCCC(OCC)(OCC)C(OCC)(OCC)OCC. The highest BCUT2D eigenvalue weighted by atomic mass is 16.9. The van der Waals surface area contributed by atoms with E-state index in [1.54, 1.807) is 0 Å². The van der Waals surface area contributed by atoms with Crippen molar-refractivity contribution in [2.45, 2.75) is 85.4 Å². The zero-order valence-electron chi connectivity index (χ0n) is 16.1. The quantitative estimate of drug-likeness (QED) is 0.307. The molecule has 0 unspecified atom stereocenters. The molecule has 0 aromatic heterocycles. The average Bonchev–Trinajstić information content (AvgIpc) is 2.52. The van der Waals surface area contributed by atoms with Crippen molar-refractivity contribution < 1.29 is 23.7 Å². The summed E-state index contributed by atoms with van der Waals surface area (Å²) in [5.74, 6) is -2.38. The van der Waals surface area contributed by atoms with E-state index in [0.29, 0.717) is 39.5 Å². The number of hydrogen-bond donors (Lipinski definition) is 0. The Morgan fingerprint density at radius 3 is 1.30 bits per heavy atom. The van der Waals surface area contributed by atoms with Gasteiger partial charge in [0.1, 0.15) is 0 Å². The molecule has 0 radical (unpaired) electrons. The van der Waals surface area contributed by atoms with E-state index in [0.717, 1.165) is 12.8 Å². The van der Waals surface area contributed by atoms with Gasteiger partial charge in [-0.15, -0.1) is 0 Å². The number of rotatable bonds is 16. The minimum absolute atomic E-state index is 0.455. The normalized spacial score (nSPS) is 12.8. The Hall–Kier alpha value is -0.200. The zero-order valence-corrected chi connectivity index (χ0v) is 16.1. The fourth-order valence-electron chi connectivity index (χ4n) is 2.79.